The molecule has 3 nitrogen and oxygen atoms in total. The molecule has 0 atom stereocenters. The van der Waals surface area contributed by atoms with Crippen LogP contribution in [0.15, 0.2) is 11.4 Å². The Hall–Kier alpha value is -1.31. The summed E-state index contributed by atoms with van der Waals surface area (Å²) in [6.45, 7) is 5.40. The molecular weight excluding hydrogens is 244 g/mol. The van der Waals surface area contributed by atoms with Gasteiger partial charge in [0.05, 0.1) is 6.54 Å². The van der Waals surface area contributed by atoms with Gasteiger partial charge in [0, 0.05) is 19.2 Å². The first-order valence-electron chi connectivity index (χ1n) is 6.08. The molecule has 1 aromatic rings. The number of hydrogen-bond donors (Lipinski definition) is 1. The molecule has 1 aromatic heterocycles. The molecule has 1 heterocycles. The van der Waals surface area contributed by atoms with Gasteiger partial charge in [-0.2, -0.15) is 0 Å². The van der Waals surface area contributed by atoms with Crippen molar-refractivity contribution in [3.05, 3.63) is 21.9 Å². The summed E-state index contributed by atoms with van der Waals surface area (Å²) in [7, 11) is 1.84. The summed E-state index contributed by atoms with van der Waals surface area (Å²) in [5.41, 5.74) is 6.13. The summed E-state index contributed by atoms with van der Waals surface area (Å²) in [5, 5.41) is 1.89. The molecule has 0 fully saturated rings. The van der Waals surface area contributed by atoms with Crippen molar-refractivity contribution in [2.24, 2.45) is 11.7 Å². The van der Waals surface area contributed by atoms with E-state index in [9.17, 15) is 4.79 Å². The molecule has 98 valence electrons. The molecule has 1 amide bonds. The average molecular weight is 264 g/mol. The molecule has 2 N–H and O–H groups in total. The Balaban J connectivity index is 2.74. The van der Waals surface area contributed by atoms with E-state index in [-0.39, 0.29) is 5.91 Å². The Labute approximate surface area is 113 Å². The number of carbonyl (C=O) groups is 1. The average Bonchev–Trinajstić information content (AvgIpc) is 2.80. The normalized spacial score (nSPS) is 10.1. The first kappa shape index (κ1) is 14.7. The van der Waals surface area contributed by atoms with Gasteiger partial charge in [0.15, 0.2) is 0 Å². The van der Waals surface area contributed by atoms with Crippen LogP contribution in [0.5, 0.6) is 0 Å². The first-order valence-corrected chi connectivity index (χ1v) is 6.96. The molecule has 0 saturated carbocycles. The Bertz CT molecular complexity index is 454. The van der Waals surface area contributed by atoms with Crippen molar-refractivity contribution in [1.82, 2.24) is 4.90 Å². The van der Waals surface area contributed by atoms with Crippen molar-refractivity contribution in [2.45, 2.75) is 20.3 Å². The molecule has 0 aliphatic heterocycles. The van der Waals surface area contributed by atoms with Gasteiger partial charge in [0.2, 0.25) is 0 Å². The van der Waals surface area contributed by atoms with Gasteiger partial charge in [0.1, 0.15) is 4.88 Å². The van der Waals surface area contributed by atoms with Crippen LogP contribution in [-0.4, -0.2) is 30.9 Å². The SMILES string of the molecule is CC(C)CCN(C)C(=O)c1sccc1C#CCN. The fourth-order valence-electron chi connectivity index (χ4n) is 1.45. The van der Waals surface area contributed by atoms with Crippen LogP contribution in [0.2, 0.25) is 0 Å². The summed E-state index contributed by atoms with van der Waals surface area (Å²) in [6, 6.07) is 1.87. The Kier molecular flexibility index (Phi) is 5.90. The van der Waals surface area contributed by atoms with Crippen molar-refractivity contribution in [3.63, 3.8) is 0 Å². The van der Waals surface area contributed by atoms with Gasteiger partial charge in [-0.25, -0.2) is 0 Å². The molecule has 0 bridgehead atoms. The van der Waals surface area contributed by atoms with Crippen LogP contribution in [0.25, 0.3) is 0 Å². The lowest BCUT2D eigenvalue weighted by Crippen LogP contribution is -2.28. The summed E-state index contributed by atoms with van der Waals surface area (Å²) >= 11 is 1.44. The van der Waals surface area contributed by atoms with Crippen LogP contribution in [0.3, 0.4) is 0 Å². The van der Waals surface area contributed by atoms with Gasteiger partial charge >= 0.3 is 0 Å². The minimum atomic E-state index is 0.0481. The number of hydrogen-bond acceptors (Lipinski definition) is 3. The van der Waals surface area contributed by atoms with Crippen molar-refractivity contribution in [2.75, 3.05) is 20.1 Å². The van der Waals surface area contributed by atoms with Gasteiger partial charge in [-0.3, -0.25) is 4.79 Å². The van der Waals surface area contributed by atoms with Crippen molar-refractivity contribution >= 4 is 17.2 Å². The molecule has 0 unspecified atom stereocenters. The number of rotatable bonds is 4. The second-order valence-electron chi connectivity index (χ2n) is 4.58. The lowest BCUT2D eigenvalue weighted by atomic mass is 10.1. The predicted octanol–water partition coefficient (Wildman–Crippen LogP) is 2.18. The maximum Gasteiger partial charge on any atom is 0.264 e. The fourth-order valence-corrected chi connectivity index (χ4v) is 2.29. The lowest BCUT2D eigenvalue weighted by molar-refractivity contribution is 0.0793. The third-order valence-electron chi connectivity index (χ3n) is 2.57. The third-order valence-corrected chi connectivity index (χ3v) is 3.48. The highest BCUT2D eigenvalue weighted by molar-refractivity contribution is 7.12. The number of amides is 1. The van der Waals surface area contributed by atoms with E-state index in [4.69, 9.17) is 5.73 Å². The minimum Gasteiger partial charge on any atom is -0.341 e. The molecule has 1 rings (SSSR count). The molecule has 4 heteroatoms. The van der Waals surface area contributed by atoms with E-state index in [0.29, 0.717) is 17.3 Å². The van der Waals surface area contributed by atoms with E-state index in [1.54, 1.807) is 4.90 Å². The van der Waals surface area contributed by atoms with E-state index in [2.05, 4.69) is 25.7 Å². The topological polar surface area (TPSA) is 46.3 Å². The van der Waals surface area contributed by atoms with E-state index in [1.807, 2.05) is 18.5 Å². The Morgan fingerprint density at radius 2 is 2.28 bits per heavy atom. The van der Waals surface area contributed by atoms with Crippen molar-refractivity contribution in [3.8, 4) is 11.8 Å². The second-order valence-corrected chi connectivity index (χ2v) is 5.49. The Morgan fingerprint density at radius 1 is 1.56 bits per heavy atom. The zero-order valence-electron chi connectivity index (χ0n) is 11.2. The number of nitrogens with two attached hydrogens (primary N) is 1. The molecule has 0 aromatic carbocycles. The monoisotopic (exact) mass is 264 g/mol. The molecular formula is C14H20N2OS. The molecule has 0 aliphatic rings. The van der Waals surface area contributed by atoms with Gasteiger partial charge in [-0.15, -0.1) is 11.3 Å². The molecule has 0 radical (unpaired) electrons. The van der Waals surface area contributed by atoms with Crippen molar-refractivity contribution in [1.29, 1.82) is 0 Å². The largest absolute Gasteiger partial charge is 0.341 e. The molecule has 18 heavy (non-hydrogen) atoms. The smallest absolute Gasteiger partial charge is 0.264 e. The van der Waals surface area contributed by atoms with Crippen LogP contribution < -0.4 is 5.73 Å². The van der Waals surface area contributed by atoms with Crippen LogP contribution >= 0.6 is 11.3 Å². The second kappa shape index (κ2) is 7.20. The fraction of sp³-hybridized carbons (Fsp3) is 0.500. The van der Waals surface area contributed by atoms with Gasteiger partial charge < -0.3 is 10.6 Å². The number of thiophene rings is 1. The molecule has 0 saturated heterocycles. The molecule has 0 aliphatic carbocycles. The zero-order valence-corrected chi connectivity index (χ0v) is 12.0. The summed E-state index contributed by atoms with van der Waals surface area (Å²) in [6.07, 6.45) is 1.01. The van der Waals surface area contributed by atoms with Crippen LogP contribution in [0, 0.1) is 17.8 Å². The summed E-state index contributed by atoms with van der Waals surface area (Å²) < 4.78 is 0. The molecule has 0 spiro atoms. The quantitative estimate of drug-likeness (QED) is 0.847. The maximum atomic E-state index is 12.2. The van der Waals surface area contributed by atoms with Crippen LogP contribution in [0.1, 0.15) is 35.5 Å². The van der Waals surface area contributed by atoms with Gasteiger partial charge in [0.25, 0.3) is 5.91 Å². The standard InChI is InChI=1S/C14H20N2OS/c1-11(2)6-9-16(3)14(17)13-12(5-4-8-15)7-10-18-13/h7,10-11H,6,8-9,15H2,1-3H3. The Morgan fingerprint density at radius 3 is 2.89 bits per heavy atom. The highest BCUT2D eigenvalue weighted by atomic mass is 32.1. The summed E-state index contributed by atoms with van der Waals surface area (Å²) in [4.78, 5) is 14.7. The maximum absolute atomic E-state index is 12.2. The number of nitrogens with zero attached hydrogens (tertiary/aromatic N) is 1. The van der Waals surface area contributed by atoms with E-state index < -0.39 is 0 Å². The van der Waals surface area contributed by atoms with E-state index >= 15 is 0 Å². The van der Waals surface area contributed by atoms with E-state index in [1.165, 1.54) is 11.3 Å². The van der Waals surface area contributed by atoms with Gasteiger partial charge in [-0.05, 0) is 23.8 Å². The summed E-state index contributed by atoms with van der Waals surface area (Å²) in [5.74, 6) is 6.38. The predicted molar refractivity (Wildman–Crippen MR) is 76.7 cm³/mol. The number of carbonyl (C=O) groups excluding carboxylic acids is 1. The van der Waals surface area contributed by atoms with Crippen LogP contribution in [0.4, 0.5) is 0 Å². The van der Waals surface area contributed by atoms with E-state index in [0.717, 1.165) is 18.5 Å². The minimum absolute atomic E-state index is 0.0481. The van der Waals surface area contributed by atoms with Gasteiger partial charge in [-0.1, -0.05) is 25.7 Å². The zero-order chi connectivity index (χ0) is 13.5. The highest BCUT2D eigenvalue weighted by Crippen LogP contribution is 2.18. The third kappa shape index (κ3) is 4.17. The van der Waals surface area contributed by atoms with Crippen LogP contribution in [-0.2, 0) is 0 Å². The first-order chi connectivity index (χ1) is 8.56. The lowest BCUT2D eigenvalue weighted by Gasteiger charge is -2.17. The van der Waals surface area contributed by atoms with Crippen molar-refractivity contribution < 1.29 is 4.79 Å². The highest BCUT2D eigenvalue weighted by Gasteiger charge is 2.16.